The molecule has 0 aliphatic heterocycles. The number of hydrogen-bond acceptors (Lipinski definition) is 5. The summed E-state index contributed by atoms with van der Waals surface area (Å²) in [6, 6.07) is -0.540. The van der Waals surface area contributed by atoms with E-state index in [4.69, 9.17) is 4.74 Å². The highest BCUT2D eigenvalue weighted by atomic mass is 16.5. The molecule has 0 spiro atoms. The molecule has 0 aromatic heterocycles. The van der Waals surface area contributed by atoms with Crippen LogP contribution in [0.15, 0.2) is 24.3 Å². The third-order valence-corrected chi connectivity index (χ3v) is 15.0. The molecule has 0 aliphatic rings. The zero-order valence-corrected chi connectivity index (χ0v) is 48.0. The number of esters is 1. The van der Waals surface area contributed by atoms with Gasteiger partial charge in [0.25, 0.3) is 0 Å². The van der Waals surface area contributed by atoms with Crippen molar-refractivity contribution in [3.05, 3.63) is 24.3 Å². The van der Waals surface area contributed by atoms with E-state index in [-0.39, 0.29) is 18.5 Å². The lowest BCUT2D eigenvalue weighted by atomic mass is 10.0. The zero-order valence-electron chi connectivity index (χ0n) is 48.0. The van der Waals surface area contributed by atoms with Crippen LogP contribution in [-0.4, -0.2) is 47.4 Å². The Morgan fingerprint density at radius 3 is 1.07 bits per heavy atom. The monoisotopic (exact) mass is 1000 g/mol. The molecule has 2 atom stereocenters. The SMILES string of the molecule is CCCCCCCCCCCCCCCCC(=O)OCCCCCCCCCCC/C=C\C/C=C\CCCCCCCCCCCCCCCC(=O)NC(CO)C(O)CCCCCCCCCCCCC. The molecular formula is C65H125NO5. The molecule has 0 heterocycles. The third-order valence-electron chi connectivity index (χ3n) is 15.0. The van der Waals surface area contributed by atoms with E-state index in [0.29, 0.717) is 25.9 Å². The van der Waals surface area contributed by atoms with Gasteiger partial charge in [0.05, 0.1) is 25.4 Å². The van der Waals surface area contributed by atoms with Crippen molar-refractivity contribution in [1.29, 1.82) is 0 Å². The molecule has 1 amide bonds. The Morgan fingerprint density at radius 1 is 0.394 bits per heavy atom. The van der Waals surface area contributed by atoms with Gasteiger partial charge in [-0.3, -0.25) is 9.59 Å². The fourth-order valence-corrected chi connectivity index (χ4v) is 10.1. The molecule has 0 aliphatic carbocycles. The maximum absolute atomic E-state index is 12.4. The molecule has 2 unspecified atom stereocenters. The summed E-state index contributed by atoms with van der Waals surface area (Å²) < 4.78 is 5.48. The third kappa shape index (κ3) is 57.5. The van der Waals surface area contributed by atoms with Crippen molar-refractivity contribution in [3.8, 4) is 0 Å². The van der Waals surface area contributed by atoms with Crippen LogP contribution in [-0.2, 0) is 14.3 Å². The van der Waals surface area contributed by atoms with E-state index < -0.39 is 12.1 Å². The number of carbonyl (C=O) groups is 2. The number of aliphatic hydroxyl groups is 2. The van der Waals surface area contributed by atoms with Crippen LogP contribution < -0.4 is 5.32 Å². The Labute approximate surface area is 443 Å². The Hall–Kier alpha value is -1.66. The molecule has 0 aromatic rings. The summed E-state index contributed by atoms with van der Waals surface area (Å²) >= 11 is 0. The predicted octanol–water partition coefficient (Wildman–Crippen LogP) is 20.2. The number of amides is 1. The lowest BCUT2D eigenvalue weighted by molar-refractivity contribution is -0.143. The largest absolute Gasteiger partial charge is 0.466 e. The van der Waals surface area contributed by atoms with Crippen LogP contribution >= 0.6 is 0 Å². The summed E-state index contributed by atoms with van der Waals surface area (Å²) in [5, 5.41) is 23.2. The molecule has 71 heavy (non-hydrogen) atoms. The zero-order chi connectivity index (χ0) is 51.4. The van der Waals surface area contributed by atoms with E-state index in [1.54, 1.807) is 0 Å². The van der Waals surface area contributed by atoms with Crippen molar-refractivity contribution in [2.24, 2.45) is 0 Å². The number of unbranched alkanes of at least 4 members (excludes halogenated alkanes) is 45. The second-order valence-electron chi connectivity index (χ2n) is 22.1. The number of hydrogen-bond donors (Lipinski definition) is 3. The molecule has 0 bridgehead atoms. The second-order valence-corrected chi connectivity index (χ2v) is 22.1. The van der Waals surface area contributed by atoms with Crippen LogP contribution in [0.25, 0.3) is 0 Å². The van der Waals surface area contributed by atoms with Gasteiger partial charge in [0.2, 0.25) is 5.91 Å². The lowest BCUT2D eigenvalue weighted by Crippen LogP contribution is -2.45. The first-order valence-corrected chi connectivity index (χ1v) is 32.1. The highest BCUT2D eigenvalue weighted by molar-refractivity contribution is 5.76. The summed E-state index contributed by atoms with van der Waals surface area (Å²) in [4.78, 5) is 24.5. The fraction of sp³-hybridized carbons (Fsp3) is 0.908. The van der Waals surface area contributed by atoms with E-state index in [9.17, 15) is 19.8 Å². The summed E-state index contributed by atoms with van der Waals surface area (Å²) in [5.74, 6) is -0.0212. The summed E-state index contributed by atoms with van der Waals surface area (Å²) in [7, 11) is 0. The maximum atomic E-state index is 12.4. The Kier molecular flexibility index (Phi) is 59.5. The van der Waals surface area contributed by atoms with Gasteiger partial charge >= 0.3 is 5.97 Å². The van der Waals surface area contributed by atoms with Gasteiger partial charge < -0.3 is 20.3 Å². The normalized spacial score (nSPS) is 12.7. The minimum absolute atomic E-state index is 0.0146. The highest BCUT2D eigenvalue weighted by Crippen LogP contribution is 2.18. The van der Waals surface area contributed by atoms with Crippen LogP contribution in [0.2, 0.25) is 0 Å². The van der Waals surface area contributed by atoms with Gasteiger partial charge in [-0.1, -0.05) is 308 Å². The number of ether oxygens (including phenoxy) is 1. The molecule has 6 nitrogen and oxygen atoms in total. The van der Waals surface area contributed by atoms with E-state index in [2.05, 4.69) is 43.5 Å². The van der Waals surface area contributed by atoms with Crippen molar-refractivity contribution in [2.45, 2.75) is 366 Å². The second kappa shape index (κ2) is 60.9. The summed E-state index contributed by atoms with van der Waals surface area (Å²) in [5.41, 5.74) is 0. The number of allylic oxidation sites excluding steroid dienone is 4. The molecule has 6 heteroatoms. The smallest absolute Gasteiger partial charge is 0.305 e. The van der Waals surface area contributed by atoms with Crippen LogP contribution in [0.5, 0.6) is 0 Å². The lowest BCUT2D eigenvalue weighted by Gasteiger charge is -2.22. The van der Waals surface area contributed by atoms with Crippen molar-refractivity contribution in [2.75, 3.05) is 13.2 Å². The van der Waals surface area contributed by atoms with E-state index in [1.807, 2.05) is 0 Å². The molecular weight excluding hydrogens is 875 g/mol. The Balaban J connectivity index is 3.38. The minimum Gasteiger partial charge on any atom is -0.466 e. The van der Waals surface area contributed by atoms with Crippen molar-refractivity contribution >= 4 is 11.9 Å². The molecule has 0 aromatic carbocycles. The number of aliphatic hydroxyl groups excluding tert-OH is 2. The Bertz CT molecular complexity index is 1110. The number of carbonyl (C=O) groups excluding carboxylic acids is 2. The average molecular weight is 1000 g/mol. The van der Waals surface area contributed by atoms with E-state index in [0.717, 1.165) is 44.9 Å². The van der Waals surface area contributed by atoms with Gasteiger partial charge in [-0.2, -0.15) is 0 Å². The van der Waals surface area contributed by atoms with Gasteiger partial charge in [-0.05, 0) is 57.8 Å². The molecule has 0 radical (unpaired) electrons. The van der Waals surface area contributed by atoms with Gasteiger partial charge in [0.15, 0.2) is 0 Å². The topological polar surface area (TPSA) is 95.9 Å². The number of rotatable bonds is 60. The first-order chi connectivity index (χ1) is 35.0. The Morgan fingerprint density at radius 2 is 0.704 bits per heavy atom. The van der Waals surface area contributed by atoms with Gasteiger partial charge in [-0.25, -0.2) is 0 Å². The van der Waals surface area contributed by atoms with Crippen molar-refractivity contribution in [1.82, 2.24) is 5.32 Å². The molecule has 0 fully saturated rings. The van der Waals surface area contributed by atoms with Gasteiger partial charge in [0, 0.05) is 12.8 Å². The average Bonchev–Trinajstić information content (AvgIpc) is 3.37. The molecule has 0 rings (SSSR count). The fourth-order valence-electron chi connectivity index (χ4n) is 10.1. The van der Waals surface area contributed by atoms with Crippen LogP contribution in [0.1, 0.15) is 354 Å². The maximum Gasteiger partial charge on any atom is 0.305 e. The standard InChI is InChI=1S/C65H125NO5/c1-3-5-7-9-11-13-15-16-35-39-43-47-51-55-59-65(70)71-60-56-52-48-44-40-36-33-31-29-27-25-23-21-19-17-18-20-22-24-26-28-30-32-34-38-42-46-50-54-58-64(69)66-62(61-67)63(68)57-53-49-45-41-37-14-12-10-8-6-4-2/h17,19,23,25,62-63,67-68H,3-16,18,20-22,24,26-61H2,1-2H3,(H,66,69)/b19-17-,25-23-. The highest BCUT2D eigenvalue weighted by Gasteiger charge is 2.20. The molecule has 0 saturated heterocycles. The van der Waals surface area contributed by atoms with Crippen molar-refractivity contribution in [3.63, 3.8) is 0 Å². The van der Waals surface area contributed by atoms with Crippen LogP contribution in [0.4, 0.5) is 0 Å². The summed E-state index contributed by atoms with van der Waals surface area (Å²) in [6.07, 6.45) is 74.9. The molecule has 3 N–H and O–H groups in total. The van der Waals surface area contributed by atoms with E-state index >= 15 is 0 Å². The van der Waals surface area contributed by atoms with E-state index in [1.165, 1.54) is 276 Å². The van der Waals surface area contributed by atoms with Crippen molar-refractivity contribution < 1.29 is 24.5 Å². The van der Waals surface area contributed by atoms with Crippen LogP contribution in [0, 0.1) is 0 Å². The van der Waals surface area contributed by atoms with Gasteiger partial charge in [-0.15, -0.1) is 0 Å². The summed E-state index contributed by atoms with van der Waals surface area (Å²) in [6.45, 7) is 4.96. The molecule has 0 saturated carbocycles. The molecule has 420 valence electrons. The predicted molar refractivity (Wildman–Crippen MR) is 310 cm³/mol. The first-order valence-electron chi connectivity index (χ1n) is 32.1. The quantitative estimate of drug-likeness (QED) is 0.0320. The first kappa shape index (κ1) is 69.3. The number of nitrogens with one attached hydrogen (secondary N) is 1. The minimum atomic E-state index is -0.663. The van der Waals surface area contributed by atoms with Gasteiger partial charge in [0.1, 0.15) is 0 Å². The van der Waals surface area contributed by atoms with Crippen LogP contribution in [0.3, 0.4) is 0 Å².